The fourth-order valence-electron chi connectivity index (χ4n) is 4.23. The molecule has 5 amide bonds. The SMILES string of the molecule is CCC(C)C(NC(=O)C(CCCCN)NC(=O)C(CC(=O)O)NC(=O)C(CC(=O)O)NC(=O)C(CC(=O)O)NC(=O)C(N)CC(=O)O)C(=O)O. The van der Waals surface area contributed by atoms with E-state index in [0.29, 0.717) is 12.8 Å². The maximum absolute atomic E-state index is 13.2. The molecule has 0 aromatic heterocycles. The van der Waals surface area contributed by atoms with Crippen LogP contribution < -0.4 is 38.1 Å². The van der Waals surface area contributed by atoms with E-state index in [-0.39, 0.29) is 19.4 Å². The van der Waals surface area contributed by atoms with Crippen molar-refractivity contribution in [1.29, 1.82) is 0 Å². The zero-order valence-electron chi connectivity index (χ0n) is 27.4. The lowest BCUT2D eigenvalue weighted by atomic mass is 9.98. The van der Waals surface area contributed by atoms with Gasteiger partial charge in [-0.2, -0.15) is 0 Å². The Bertz CT molecular complexity index is 1280. The first kappa shape index (κ1) is 44.6. The molecule has 50 heavy (non-hydrogen) atoms. The molecular weight excluding hydrogens is 674 g/mol. The van der Waals surface area contributed by atoms with Crippen molar-refractivity contribution in [3.8, 4) is 0 Å². The van der Waals surface area contributed by atoms with Crippen LogP contribution in [0.3, 0.4) is 0 Å². The number of carbonyl (C=O) groups is 10. The summed E-state index contributed by atoms with van der Waals surface area (Å²) in [5, 5.41) is 56.7. The first-order chi connectivity index (χ1) is 23.2. The van der Waals surface area contributed by atoms with E-state index >= 15 is 0 Å². The first-order valence-corrected chi connectivity index (χ1v) is 15.3. The van der Waals surface area contributed by atoms with Crippen molar-refractivity contribution < 1.29 is 73.5 Å². The van der Waals surface area contributed by atoms with Crippen LogP contribution in [0, 0.1) is 5.92 Å². The summed E-state index contributed by atoms with van der Waals surface area (Å²) < 4.78 is 0. The number of carboxylic acids is 5. The van der Waals surface area contributed by atoms with Crippen LogP contribution in [-0.4, -0.2) is 128 Å². The number of hydrogen-bond donors (Lipinski definition) is 12. The first-order valence-electron chi connectivity index (χ1n) is 15.3. The van der Waals surface area contributed by atoms with Crippen LogP contribution in [0.4, 0.5) is 0 Å². The van der Waals surface area contributed by atoms with E-state index in [2.05, 4.69) is 10.6 Å². The van der Waals surface area contributed by atoms with Crippen molar-refractivity contribution in [2.24, 2.45) is 17.4 Å². The van der Waals surface area contributed by atoms with E-state index in [1.165, 1.54) is 0 Å². The Morgan fingerprint density at radius 1 is 0.540 bits per heavy atom. The third kappa shape index (κ3) is 17.1. The van der Waals surface area contributed by atoms with Gasteiger partial charge in [0.1, 0.15) is 30.2 Å². The summed E-state index contributed by atoms with van der Waals surface area (Å²) in [7, 11) is 0. The molecule has 0 aromatic rings. The Morgan fingerprint density at radius 3 is 1.24 bits per heavy atom. The number of nitrogens with two attached hydrogens (primary N) is 2. The highest BCUT2D eigenvalue weighted by molar-refractivity contribution is 5.99. The summed E-state index contributed by atoms with van der Waals surface area (Å²) in [4.78, 5) is 122. The molecule has 7 unspecified atom stereocenters. The third-order valence-electron chi connectivity index (χ3n) is 7.12. The van der Waals surface area contributed by atoms with Gasteiger partial charge in [0.25, 0.3) is 0 Å². The van der Waals surface area contributed by atoms with Crippen LogP contribution in [-0.2, 0) is 47.9 Å². The highest BCUT2D eigenvalue weighted by Crippen LogP contribution is 2.10. The number of nitrogens with one attached hydrogen (secondary N) is 5. The Hall–Kier alpha value is -5.38. The lowest BCUT2D eigenvalue weighted by molar-refractivity contribution is -0.145. The van der Waals surface area contributed by atoms with Gasteiger partial charge in [-0.1, -0.05) is 20.3 Å². The van der Waals surface area contributed by atoms with Gasteiger partial charge in [0.15, 0.2) is 0 Å². The molecule has 7 atom stereocenters. The van der Waals surface area contributed by atoms with Gasteiger partial charge >= 0.3 is 29.8 Å². The minimum absolute atomic E-state index is 0.0835. The smallest absolute Gasteiger partial charge is 0.326 e. The second kappa shape index (κ2) is 22.3. The van der Waals surface area contributed by atoms with Gasteiger partial charge in [-0.15, -0.1) is 0 Å². The van der Waals surface area contributed by atoms with Gasteiger partial charge in [-0.25, -0.2) is 4.79 Å². The molecule has 0 spiro atoms. The number of carbonyl (C=O) groups excluding carboxylic acids is 5. The van der Waals surface area contributed by atoms with Crippen molar-refractivity contribution >= 4 is 59.4 Å². The summed E-state index contributed by atoms with van der Waals surface area (Å²) in [6, 6.07) is -10.6. The molecule has 0 rings (SSSR count). The van der Waals surface area contributed by atoms with E-state index in [1.54, 1.807) is 13.8 Å². The summed E-state index contributed by atoms with van der Waals surface area (Å²) in [5.74, 6) is -14.7. The molecule has 0 aliphatic carbocycles. The molecule has 0 aliphatic rings. The molecular formula is C28H45N7O15. The van der Waals surface area contributed by atoms with E-state index in [9.17, 15) is 68.4 Å². The van der Waals surface area contributed by atoms with Crippen molar-refractivity contribution in [2.45, 2.75) is 101 Å². The van der Waals surface area contributed by atoms with Gasteiger partial charge in [-0.05, 0) is 31.7 Å². The molecule has 14 N–H and O–H groups in total. The Labute approximate surface area is 285 Å². The van der Waals surface area contributed by atoms with Crippen LogP contribution in [0.2, 0.25) is 0 Å². The fraction of sp³-hybridized carbons (Fsp3) is 0.643. The Kier molecular flexibility index (Phi) is 19.9. The van der Waals surface area contributed by atoms with Crippen molar-refractivity contribution in [2.75, 3.05) is 6.54 Å². The Balaban J connectivity index is 6.22. The molecule has 0 radical (unpaired) electrons. The molecule has 0 aromatic carbocycles. The van der Waals surface area contributed by atoms with E-state index in [0.717, 1.165) is 0 Å². The van der Waals surface area contributed by atoms with Gasteiger partial charge < -0.3 is 63.6 Å². The number of rotatable bonds is 25. The zero-order valence-corrected chi connectivity index (χ0v) is 27.4. The summed E-state index contributed by atoms with van der Waals surface area (Å²) in [6.45, 7) is 3.46. The second-order valence-electron chi connectivity index (χ2n) is 11.2. The molecule has 0 saturated heterocycles. The average Bonchev–Trinajstić information content (AvgIpc) is 3.00. The van der Waals surface area contributed by atoms with Gasteiger partial charge in [-0.3, -0.25) is 43.2 Å². The molecule has 22 heteroatoms. The van der Waals surface area contributed by atoms with Gasteiger partial charge in [0, 0.05) is 0 Å². The van der Waals surface area contributed by atoms with Crippen molar-refractivity contribution in [3.05, 3.63) is 0 Å². The number of aliphatic carboxylic acids is 5. The average molecular weight is 720 g/mol. The third-order valence-corrected chi connectivity index (χ3v) is 7.12. The van der Waals surface area contributed by atoms with E-state index < -0.39 is 127 Å². The zero-order chi connectivity index (χ0) is 38.7. The molecule has 0 heterocycles. The highest BCUT2D eigenvalue weighted by Gasteiger charge is 2.35. The van der Waals surface area contributed by atoms with Crippen LogP contribution in [0.1, 0.15) is 65.2 Å². The number of hydrogen-bond acceptors (Lipinski definition) is 12. The minimum Gasteiger partial charge on any atom is -0.481 e. The molecule has 22 nitrogen and oxygen atoms in total. The summed E-state index contributed by atoms with van der Waals surface area (Å²) in [6.07, 6.45) is -3.42. The lowest BCUT2D eigenvalue weighted by Crippen LogP contribution is -2.60. The van der Waals surface area contributed by atoms with E-state index in [4.69, 9.17) is 16.6 Å². The fourth-order valence-corrected chi connectivity index (χ4v) is 4.23. The maximum Gasteiger partial charge on any atom is 0.326 e. The number of unbranched alkanes of at least 4 members (excludes halogenated alkanes) is 1. The summed E-state index contributed by atoms with van der Waals surface area (Å²) in [5.41, 5.74) is 10.9. The normalized spacial score (nSPS) is 15.0. The largest absolute Gasteiger partial charge is 0.481 e. The van der Waals surface area contributed by atoms with Crippen LogP contribution >= 0.6 is 0 Å². The van der Waals surface area contributed by atoms with Crippen LogP contribution in [0.5, 0.6) is 0 Å². The number of carboxylic acid groups (broad SMARTS) is 5. The van der Waals surface area contributed by atoms with Crippen molar-refractivity contribution in [3.63, 3.8) is 0 Å². The molecule has 0 aliphatic heterocycles. The van der Waals surface area contributed by atoms with Gasteiger partial charge in [0.2, 0.25) is 29.5 Å². The van der Waals surface area contributed by atoms with Crippen LogP contribution in [0.25, 0.3) is 0 Å². The minimum atomic E-state index is -2.10. The molecule has 0 bridgehead atoms. The quantitative estimate of drug-likeness (QED) is 0.0399. The van der Waals surface area contributed by atoms with Crippen LogP contribution in [0.15, 0.2) is 0 Å². The number of amides is 5. The van der Waals surface area contributed by atoms with E-state index in [1.807, 2.05) is 16.0 Å². The molecule has 282 valence electrons. The monoisotopic (exact) mass is 719 g/mol. The molecule has 0 fully saturated rings. The molecule has 0 saturated carbocycles. The predicted molar refractivity (Wildman–Crippen MR) is 167 cm³/mol. The Morgan fingerprint density at radius 2 is 0.900 bits per heavy atom. The van der Waals surface area contributed by atoms with Crippen molar-refractivity contribution in [1.82, 2.24) is 26.6 Å². The maximum atomic E-state index is 13.2. The van der Waals surface area contributed by atoms with Gasteiger partial charge in [0.05, 0.1) is 31.7 Å². The summed E-state index contributed by atoms with van der Waals surface area (Å²) >= 11 is 0. The topological polar surface area (TPSA) is 384 Å². The predicted octanol–water partition coefficient (Wildman–Crippen LogP) is -4.10. The highest BCUT2D eigenvalue weighted by atomic mass is 16.4. The second-order valence-corrected chi connectivity index (χ2v) is 11.2. The standard InChI is InChI=1S/C28H45N7O15/c1-3-12(2)22(28(49)50)35-24(45)14(6-4-5-7-29)31-25(46)16(10-20(40)41)33-27(48)17(11-21(42)43)34-26(47)15(9-19(38)39)32-23(44)13(30)8-18(36)37/h12-17,22H,3-11,29-30H2,1-2H3,(H,31,46)(H,32,44)(H,33,48)(H,34,47)(H,35,45)(H,36,37)(H,38,39)(H,40,41)(H,42,43)(H,49,50). The lowest BCUT2D eigenvalue weighted by Gasteiger charge is -2.27.